The van der Waals surface area contributed by atoms with Gasteiger partial charge in [0.2, 0.25) is 11.1 Å². The van der Waals surface area contributed by atoms with Crippen molar-refractivity contribution in [3.05, 3.63) is 57.0 Å². The Morgan fingerprint density at radius 2 is 2.15 bits per heavy atom. The van der Waals surface area contributed by atoms with Gasteiger partial charge in [0.25, 0.3) is 0 Å². The average molecular weight is 301 g/mol. The molecule has 0 saturated heterocycles. The lowest BCUT2D eigenvalue weighted by atomic mass is 10.2. The van der Waals surface area contributed by atoms with E-state index in [4.69, 9.17) is 11.6 Å². The number of hydrogen-bond acceptors (Lipinski definition) is 5. The number of nitrogens with one attached hydrogen (secondary N) is 1. The molecule has 0 amide bonds. The third-order valence-corrected chi connectivity index (χ3v) is 2.57. The molecule has 9 heteroatoms. The van der Waals surface area contributed by atoms with Crippen LogP contribution in [0.1, 0.15) is 5.56 Å². The highest BCUT2D eigenvalue weighted by Gasteiger charge is 2.17. The van der Waals surface area contributed by atoms with Crippen LogP contribution in [-0.2, 0) is 6.54 Å². The minimum Gasteiger partial charge on any atom is -0.360 e. The minimum absolute atomic E-state index is 0.00836. The van der Waals surface area contributed by atoms with Gasteiger partial charge in [-0.2, -0.15) is 4.98 Å². The third-order valence-electron chi connectivity index (χ3n) is 2.39. The summed E-state index contributed by atoms with van der Waals surface area (Å²) in [5.41, 5.74) is -0.403. The van der Waals surface area contributed by atoms with Gasteiger partial charge in [-0.1, -0.05) is 0 Å². The highest BCUT2D eigenvalue weighted by Crippen LogP contribution is 2.23. The topological polar surface area (TPSA) is 81.0 Å². The zero-order valence-electron chi connectivity index (χ0n) is 9.81. The van der Waals surface area contributed by atoms with Gasteiger partial charge in [-0.25, -0.2) is 13.8 Å². The second-order valence-corrected chi connectivity index (χ2v) is 4.06. The maximum atomic E-state index is 13.4. The second kappa shape index (κ2) is 5.74. The Hall–Kier alpha value is -2.35. The molecule has 0 unspecified atom stereocenters. The van der Waals surface area contributed by atoms with Crippen molar-refractivity contribution in [1.29, 1.82) is 0 Å². The van der Waals surface area contributed by atoms with E-state index >= 15 is 0 Å². The smallest absolute Gasteiger partial charge is 0.329 e. The molecule has 0 spiro atoms. The SMILES string of the molecule is O=[N+]([O-])c1cnc(Cl)nc1NCc1cc(F)ccc1F. The number of anilines is 1. The highest BCUT2D eigenvalue weighted by atomic mass is 35.5. The summed E-state index contributed by atoms with van der Waals surface area (Å²) in [4.78, 5) is 17.2. The van der Waals surface area contributed by atoms with Crippen LogP contribution in [0.15, 0.2) is 24.4 Å². The van der Waals surface area contributed by atoms with E-state index < -0.39 is 22.2 Å². The maximum absolute atomic E-state index is 13.4. The summed E-state index contributed by atoms with van der Waals surface area (Å²) < 4.78 is 26.4. The van der Waals surface area contributed by atoms with Crippen LogP contribution in [0.2, 0.25) is 5.28 Å². The number of nitrogens with zero attached hydrogens (tertiary/aromatic N) is 3. The first-order valence-corrected chi connectivity index (χ1v) is 5.70. The molecule has 0 aliphatic carbocycles. The Balaban J connectivity index is 2.24. The largest absolute Gasteiger partial charge is 0.360 e. The number of rotatable bonds is 4. The van der Waals surface area contributed by atoms with E-state index in [0.717, 1.165) is 24.4 Å². The van der Waals surface area contributed by atoms with Gasteiger partial charge in [0, 0.05) is 12.1 Å². The van der Waals surface area contributed by atoms with Gasteiger partial charge >= 0.3 is 5.69 Å². The molecule has 0 aliphatic rings. The van der Waals surface area contributed by atoms with Crippen molar-refractivity contribution in [3.63, 3.8) is 0 Å². The van der Waals surface area contributed by atoms with Gasteiger partial charge in [-0.3, -0.25) is 10.1 Å². The summed E-state index contributed by atoms with van der Waals surface area (Å²) in [6.07, 6.45) is 0.930. The molecule has 0 radical (unpaired) electrons. The monoisotopic (exact) mass is 300 g/mol. The molecule has 0 bridgehead atoms. The molecule has 0 fully saturated rings. The van der Waals surface area contributed by atoms with Gasteiger partial charge in [0.15, 0.2) is 0 Å². The predicted octanol–water partition coefficient (Wildman–Crippen LogP) is 2.93. The zero-order valence-corrected chi connectivity index (χ0v) is 10.6. The molecule has 2 aromatic rings. The normalized spacial score (nSPS) is 10.3. The standard InChI is InChI=1S/C11H7ClF2N4O2/c12-11-16-5-9(18(19)20)10(17-11)15-4-6-3-7(13)1-2-8(6)14/h1-3,5H,4H2,(H,15,16,17). The lowest BCUT2D eigenvalue weighted by Gasteiger charge is -2.07. The van der Waals surface area contributed by atoms with Crippen molar-refractivity contribution in [2.24, 2.45) is 0 Å². The number of nitro groups is 1. The fraction of sp³-hybridized carbons (Fsp3) is 0.0909. The molecule has 20 heavy (non-hydrogen) atoms. The molecule has 6 nitrogen and oxygen atoms in total. The van der Waals surface area contributed by atoms with Crippen LogP contribution < -0.4 is 5.32 Å². The summed E-state index contributed by atoms with van der Waals surface area (Å²) in [6, 6.07) is 2.92. The van der Waals surface area contributed by atoms with Crippen LogP contribution in [0, 0.1) is 21.7 Å². The number of halogens is 3. The van der Waals surface area contributed by atoms with Crippen molar-refractivity contribution in [1.82, 2.24) is 9.97 Å². The molecular formula is C11H7ClF2N4O2. The van der Waals surface area contributed by atoms with E-state index in [1.807, 2.05) is 0 Å². The van der Waals surface area contributed by atoms with E-state index in [-0.39, 0.29) is 23.2 Å². The first-order chi connectivity index (χ1) is 9.47. The van der Waals surface area contributed by atoms with Crippen LogP contribution in [0.4, 0.5) is 20.3 Å². The Kier molecular flexibility index (Phi) is 4.04. The first-order valence-electron chi connectivity index (χ1n) is 5.32. The molecule has 2 rings (SSSR count). The lowest BCUT2D eigenvalue weighted by molar-refractivity contribution is -0.384. The fourth-order valence-corrected chi connectivity index (χ4v) is 1.61. The van der Waals surface area contributed by atoms with Crippen LogP contribution >= 0.6 is 11.6 Å². The maximum Gasteiger partial charge on any atom is 0.329 e. The molecular weight excluding hydrogens is 294 g/mol. The third kappa shape index (κ3) is 3.15. The number of hydrogen-bond donors (Lipinski definition) is 1. The van der Waals surface area contributed by atoms with Crippen LogP contribution in [0.25, 0.3) is 0 Å². The molecule has 0 saturated carbocycles. The summed E-state index contributed by atoms with van der Waals surface area (Å²) in [6.45, 7) is -0.183. The Morgan fingerprint density at radius 1 is 1.40 bits per heavy atom. The zero-order chi connectivity index (χ0) is 14.7. The van der Waals surface area contributed by atoms with Crippen LogP contribution in [0.5, 0.6) is 0 Å². The molecule has 1 aromatic carbocycles. The van der Waals surface area contributed by atoms with Crippen molar-refractivity contribution >= 4 is 23.1 Å². The molecule has 104 valence electrons. The quantitative estimate of drug-likeness (QED) is 0.533. The number of aromatic nitrogens is 2. The van der Waals surface area contributed by atoms with Gasteiger partial charge in [0.1, 0.15) is 17.8 Å². The lowest BCUT2D eigenvalue weighted by Crippen LogP contribution is -2.07. The minimum atomic E-state index is -0.708. The summed E-state index contributed by atoms with van der Waals surface area (Å²) >= 11 is 5.54. The highest BCUT2D eigenvalue weighted by molar-refractivity contribution is 6.28. The molecule has 0 atom stereocenters. The predicted molar refractivity (Wildman–Crippen MR) is 67.4 cm³/mol. The van der Waals surface area contributed by atoms with Gasteiger partial charge < -0.3 is 5.32 Å². The van der Waals surface area contributed by atoms with E-state index in [1.165, 1.54) is 0 Å². The fourth-order valence-electron chi connectivity index (χ4n) is 1.48. The summed E-state index contributed by atoms with van der Waals surface area (Å²) in [5, 5.41) is 13.1. The molecule has 1 aromatic heterocycles. The molecule has 1 heterocycles. The van der Waals surface area contributed by atoms with E-state index in [2.05, 4.69) is 15.3 Å². The van der Waals surface area contributed by atoms with Crippen molar-refractivity contribution < 1.29 is 13.7 Å². The Morgan fingerprint density at radius 3 is 2.85 bits per heavy atom. The average Bonchev–Trinajstić information content (AvgIpc) is 2.39. The van der Waals surface area contributed by atoms with Crippen molar-refractivity contribution in [3.8, 4) is 0 Å². The second-order valence-electron chi connectivity index (χ2n) is 3.72. The summed E-state index contributed by atoms with van der Waals surface area (Å²) in [5.74, 6) is -1.42. The molecule has 1 N–H and O–H groups in total. The number of benzene rings is 1. The van der Waals surface area contributed by atoms with E-state index in [0.29, 0.717) is 0 Å². The van der Waals surface area contributed by atoms with E-state index in [9.17, 15) is 18.9 Å². The van der Waals surface area contributed by atoms with Crippen molar-refractivity contribution in [2.45, 2.75) is 6.54 Å². The Labute approximate surface area is 116 Å². The first kappa shape index (κ1) is 14.1. The van der Waals surface area contributed by atoms with Gasteiger partial charge in [0.05, 0.1) is 4.92 Å². The summed E-state index contributed by atoms with van der Waals surface area (Å²) in [7, 11) is 0. The van der Waals surface area contributed by atoms with E-state index in [1.54, 1.807) is 0 Å². The van der Waals surface area contributed by atoms with Crippen LogP contribution in [0.3, 0.4) is 0 Å². The van der Waals surface area contributed by atoms with Crippen molar-refractivity contribution in [2.75, 3.05) is 5.32 Å². The van der Waals surface area contributed by atoms with Gasteiger partial charge in [-0.05, 0) is 29.8 Å². The van der Waals surface area contributed by atoms with Crippen LogP contribution in [-0.4, -0.2) is 14.9 Å². The van der Waals surface area contributed by atoms with Gasteiger partial charge in [-0.15, -0.1) is 0 Å². The molecule has 0 aliphatic heterocycles. The Bertz CT molecular complexity index is 669.